The minimum atomic E-state index is -0.480. The summed E-state index contributed by atoms with van der Waals surface area (Å²) in [6.45, 7) is 4.27. The Morgan fingerprint density at radius 2 is 1.92 bits per heavy atom. The molecule has 4 rings (SSSR count). The summed E-state index contributed by atoms with van der Waals surface area (Å²) in [5.41, 5.74) is 4.56. The summed E-state index contributed by atoms with van der Waals surface area (Å²) in [7, 11) is 0. The van der Waals surface area contributed by atoms with E-state index in [9.17, 15) is 9.18 Å². The Kier molecular flexibility index (Phi) is 4.23. The van der Waals surface area contributed by atoms with Gasteiger partial charge in [0.15, 0.2) is 0 Å². The minimum Gasteiger partial charge on any atom is -0.308 e. The van der Waals surface area contributed by atoms with Crippen molar-refractivity contribution in [2.45, 2.75) is 26.7 Å². The van der Waals surface area contributed by atoms with Crippen LogP contribution >= 0.6 is 15.9 Å². The first-order valence-electron chi connectivity index (χ1n) is 8.49. The minimum absolute atomic E-state index is 0.240. The van der Waals surface area contributed by atoms with Crippen molar-refractivity contribution in [1.82, 2.24) is 9.97 Å². The monoisotopic (exact) mass is 413 g/mol. The van der Waals surface area contributed by atoms with E-state index in [0.717, 1.165) is 40.0 Å². The standard InChI is InChI=1S/C20H17BrFN3O/c1-11-12(2)24-19-16(9-15(22)10-17(19)23-11)20(26)25-7-3-4-13-8-14(21)5-6-18(13)25/h5-6,8-10H,3-4,7H2,1-2H3. The van der Waals surface area contributed by atoms with E-state index in [-0.39, 0.29) is 11.5 Å². The molecule has 2 aromatic carbocycles. The molecular weight excluding hydrogens is 397 g/mol. The second-order valence-electron chi connectivity index (χ2n) is 6.55. The van der Waals surface area contributed by atoms with E-state index >= 15 is 0 Å². The van der Waals surface area contributed by atoms with Crippen molar-refractivity contribution in [1.29, 1.82) is 0 Å². The van der Waals surface area contributed by atoms with Gasteiger partial charge in [0.25, 0.3) is 5.91 Å². The van der Waals surface area contributed by atoms with Crippen LogP contribution in [0.4, 0.5) is 10.1 Å². The second kappa shape index (κ2) is 6.43. The molecule has 0 spiro atoms. The third-order valence-corrected chi connectivity index (χ3v) is 5.27. The number of nitrogens with zero attached hydrogens (tertiary/aromatic N) is 3. The molecule has 0 fully saturated rings. The lowest BCUT2D eigenvalue weighted by atomic mass is 10.0. The Morgan fingerprint density at radius 1 is 1.15 bits per heavy atom. The van der Waals surface area contributed by atoms with Crippen molar-refractivity contribution in [2.75, 3.05) is 11.4 Å². The molecule has 0 aliphatic carbocycles. The molecule has 1 aliphatic heterocycles. The van der Waals surface area contributed by atoms with Gasteiger partial charge >= 0.3 is 0 Å². The summed E-state index contributed by atoms with van der Waals surface area (Å²) in [4.78, 5) is 23.9. The van der Waals surface area contributed by atoms with E-state index in [0.29, 0.717) is 17.6 Å². The molecular formula is C20H17BrFN3O. The van der Waals surface area contributed by atoms with Gasteiger partial charge in [-0.25, -0.2) is 14.4 Å². The number of anilines is 1. The molecule has 1 aromatic heterocycles. The van der Waals surface area contributed by atoms with Crippen LogP contribution in [0.1, 0.15) is 33.7 Å². The van der Waals surface area contributed by atoms with Gasteiger partial charge in [-0.05, 0) is 56.5 Å². The van der Waals surface area contributed by atoms with Crippen LogP contribution in [0, 0.1) is 19.7 Å². The Labute approximate surface area is 159 Å². The third kappa shape index (κ3) is 2.88. The average molecular weight is 414 g/mol. The van der Waals surface area contributed by atoms with E-state index in [2.05, 4.69) is 25.9 Å². The summed E-state index contributed by atoms with van der Waals surface area (Å²) >= 11 is 3.48. The Hall–Kier alpha value is -2.34. The van der Waals surface area contributed by atoms with Crippen LogP contribution in [0.25, 0.3) is 11.0 Å². The van der Waals surface area contributed by atoms with E-state index in [1.807, 2.05) is 32.0 Å². The van der Waals surface area contributed by atoms with Crippen LogP contribution in [0.2, 0.25) is 0 Å². The summed E-state index contributed by atoms with van der Waals surface area (Å²) in [6, 6.07) is 8.47. The molecule has 0 N–H and O–H groups in total. The molecule has 6 heteroatoms. The van der Waals surface area contributed by atoms with Crippen molar-refractivity contribution >= 4 is 38.6 Å². The molecule has 0 bridgehead atoms. The number of amides is 1. The summed E-state index contributed by atoms with van der Waals surface area (Å²) in [5.74, 6) is -0.721. The van der Waals surface area contributed by atoms with Gasteiger partial charge < -0.3 is 4.90 Å². The highest BCUT2D eigenvalue weighted by Crippen LogP contribution is 2.32. The van der Waals surface area contributed by atoms with Crippen molar-refractivity contribution in [2.24, 2.45) is 0 Å². The van der Waals surface area contributed by atoms with Crippen LogP contribution in [0.5, 0.6) is 0 Å². The zero-order valence-corrected chi connectivity index (χ0v) is 16.1. The fraction of sp³-hybridized carbons (Fsp3) is 0.250. The largest absolute Gasteiger partial charge is 0.308 e. The number of carbonyl (C=O) groups excluding carboxylic acids is 1. The molecule has 3 aromatic rings. The lowest BCUT2D eigenvalue weighted by Crippen LogP contribution is -2.35. The number of hydrogen-bond donors (Lipinski definition) is 0. The number of aromatic nitrogens is 2. The maximum atomic E-state index is 14.2. The molecule has 2 heterocycles. The molecule has 132 valence electrons. The first-order valence-corrected chi connectivity index (χ1v) is 9.28. The van der Waals surface area contributed by atoms with Crippen LogP contribution in [0.15, 0.2) is 34.8 Å². The number of fused-ring (bicyclic) bond motifs is 2. The molecule has 4 nitrogen and oxygen atoms in total. The zero-order valence-electron chi connectivity index (χ0n) is 14.5. The predicted molar refractivity (Wildman–Crippen MR) is 103 cm³/mol. The fourth-order valence-corrected chi connectivity index (χ4v) is 3.79. The van der Waals surface area contributed by atoms with Gasteiger partial charge in [0.05, 0.1) is 22.5 Å². The van der Waals surface area contributed by atoms with Crippen molar-refractivity contribution in [3.05, 3.63) is 63.1 Å². The number of hydrogen-bond acceptors (Lipinski definition) is 3. The maximum Gasteiger partial charge on any atom is 0.260 e. The summed E-state index contributed by atoms with van der Waals surface area (Å²) in [5, 5.41) is 0. The van der Waals surface area contributed by atoms with E-state index in [1.54, 1.807) is 4.90 Å². The fourth-order valence-electron chi connectivity index (χ4n) is 3.38. The molecule has 1 aliphatic rings. The quantitative estimate of drug-likeness (QED) is 0.578. The highest BCUT2D eigenvalue weighted by atomic mass is 79.9. The van der Waals surface area contributed by atoms with Crippen molar-refractivity contribution < 1.29 is 9.18 Å². The Bertz CT molecular complexity index is 1050. The molecule has 1 amide bonds. The molecule has 0 atom stereocenters. The normalized spacial score (nSPS) is 13.8. The highest BCUT2D eigenvalue weighted by Gasteiger charge is 2.26. The van der Waals surface area contributed by atoms with Crippen LogP contribution in [-0.4, -0.2) is 22.4 Å². The van der Waals surface area contributed by atoms with E-state index in [4.69, 9.17) is 0 Å². The van der Waals surface area contributed by atoms with Gasteiger partial charge in [-0.3, -0.25) is 4.79 Å². The van der Waals surface area contributed by atoms with Crippen LogP contribution in [-0.2, 0) is 6.42 Å². The molecule has 0 saturated carbocycles. The first-order chi connectivity index (χ1) is 12.4. The maximum absolute atomic E-state index is 14.2. The van der Waals surface area contributed by atoms with Crippen LogP contribution in [0.3, 0.4) is 0 Å². The highest BCUT2D eigenvalue weighted by molar-refractivity contribution is 9.10. The summed E-state index contributed by atoms with van der Waals surface area (Å²) in [6.07, 6.45) is 1.78. The zero-order chi connectivity index (χ0) is 18.4. The lowest BCUT2D eigenvalue weighted by molar-refractivity contribution is 0.0986. The van der Waals surface area contributed by atoms with Gasteiger partial charge in [-0.1, -0.05) is 15.9 Å². The van der Waals surface area contributed by atoms with Gasteiger partial charge in [0, 0.05) is 22.8 Å². The smallest absolute Gasteiger partial charge is 0.260 e. The topological polar surface area (TPSA) is 46.1 Å². The number of halogens is 2. The third-order valence-electron chi connectivity index (χ3n) is 4.78. The SMILES string of the molecule is Cc1nc2cc(F)cc(C(=O)N3CCCc4cc(Br)ccc43)c2nc1C. The van der Waals surface area contributed by atoms with Crippen LogP contribution < -0.4 is 4.90 Å². The van der Waals surface area contributed by atoms with Crippen molar-refractivity contribution in [3.63, 3.8) is 0 Å². The molecule has 0 saturated heterocycles. The van der Waals surface area contributed by atoms with Gasteiger partial charge in [-0.15, -0.1) is 0 Å². The number of rotatable bonds is 1. The number of aryl methyl sites for hydroxylation is 3. The predicted octanol–water partition coefficient (Wildman–Crippen LogP) is 4.74. The second-order valence-corrected chi connectivity index (χ2v) is 7.46. The lowest BCUT2D eigenvalue weighted by Gasteiger charge is -2.30. The molecule has 0 radical (unpaired) electrons. The van der Waals surface area contributed by atoms with Gasteiger partial charge in [0.1, 0.15) is 11.3 Å². The molecule has 26 heavy (non-hydrogen) atoms. The Balaban J connectivity index is 1.87. The van der Waals surface area contributed by atoms with Crippen molar-refractivity contribution in [3.8, 4) is 0 Å². The number of carbonyl (C=O) groups is 1. The average Bonchev–Trinajstić information content (AvgIpc) is 2.61. The van der Waals surface area contributed by atoms with Gasteiger partial charge in [0.2, 0.25) is 0 Å². The number of benzene rings is 2. The molecule has 0 unspecified atom stereocenters. The van der Waals surface area contributed by atoms with E-state index in [1.165, 1.54) is 12.1 Å². The Morgan fingerprint density at radius 3 is 2.73 bits per heavy atom. The van der Waals surface area contributed by atoms with Gasteiger partial charge in [-0.2, -0.15) is 0 Å². The summed E-state index contributed by atoms with van der Waals surface area (Å²) < 4.78 is 15.1. The first kappa shape index (κ1) is 17.1. The van der Waals surface area contributed by atoms with E-state index < -0.39 is 5.82 Å².